The molecule has 0 bridgehead atoms. The summed E-state index contributed by atoms with van der Waals surface area (Å²) in [6.07, 6.45) is 0. The van der Waals surface area contributed by atoms with E-state index in [1.165, 1.54) is 12.1 Å². The molecule has 0 aliphatic rings. The van der Waals surface area contributed by atoms with Gasteiger partial charge in [0.25, 0.3) is 0 Å². The molecule has 4 N–H and O–H groups in total. The Labute approximate surface area is 89.7 Å². The molecule has 0 saturated heterocycles. The second-order valence-corrected chi connectivity index (χ2v) is 5.25. The molecular formula is C9H15N3O2S. The van der Waals surface area contributed by atoms with Gasteiger partial charge in [0.2, 0.25) is 10.0 Å². The maximum Gasteiger partial charge on any atom is 0.238 e. The molecule has 0 spiro atoms. The summed E-state index contributed by atoms with van der Waals surface area (Å²) < 4.78 is 22.3. The number of nitrogens with zero attached hydrogens (tertiary/aromatic N) is 1. The molecule has 0 aromatic heterocycles. The predicted octanol–water partition coefficient (Wildman–Crippen LogP) is -0.0222. The molecule has 0 radical (unpaired) electrons. The van der Waals surface area contributed by atoms with Crippen molar-refractivity contribution >= 4 is 15.7 Å². The molecule has 0 unspecified atom stereocenters. The van der Waals surface area contributed by atoms with E-state index < -0.39 is 10.0 Å². The average Bonchev–Trinajstić information content (AvgIpc) is 1.99. The van der Waals surface area contributed by atoms with E-state index in [2.05, 4.69) is 0 Å². The van der Waals surface area contributed by atoms with E-state index in [1.807, 2.05) is 19.0 Å². The summed E-state index contributed by atoms with van der Waals surface area (Å²) in [7, 11) is 0.0953. The standard InChI is InChI=1S/C9H15N3O2S/c1-12(2)6-7-3-8(10)5-9(4-7)15(11,13)14/h3-5H,6,10H2,1-2H3,(H2,11,13,14). The van der Waals surface area contributed by atoms with Crippen LogP contribution >= 0.6 is 0 Å². The summed E-state index contributed by atoms with van der Waals surface area (Å²) in [6, 6.07) is 4.62. The van der Waals surface area contributed by atoms with E-state index in [9.17, 15) is 8.42 Å². The number of benzene rings is 1. The summed E-state index contributed by atoms with van der Waals surface area (Å²) in [5.74, 6) is 0. The van der Waals surface area contributed by atoms with Crippen molar-refractivity contribution in [2.75, 3.05) is 19.8 Å². The van der Waals surface area contributed by atoms with Crippen molar-refractivity contribution in [3.63, 3.8) is 0 Å². The first-order valence-corrected chi connectivity index (χ1v) is 5.90. The molecule has 6 heteroatoms. The van der Waals surface area contributed by atoms with Gasteiger partial charge in [0.05, 0.1) is 4.90 Å². The van der Waals surface area contributed by atoms with Crippen molar-refractivity contribution in [3.8, 4) is 0 Å². The van der Waals surface area contributed by atoms with Crippen LogP contribution in [0.5, 0.6) is 0 Å². The Bertz CT molecular complexity index is 454. The van der Waals surface area contributed by atoms with Crippen LogP contribution in [-0.4, -0.2) is 27.4 Å². The zero-order valence-corrected chi connectivity index (χ0v) is 9.58. The molecule has 0 fully saturated rings. The van der Waals surface area contributed by atoms with Gasteiger partial charge in [0.15, 0.2) is 0 Å². The minimum atomic E-state index is -3.68. The summed E-state index contributed by atoms with van der Waals surface area (Å²) in [5.41, 5.74) is 6.82. The van der Waals surface area contributed by atoms with Gasteiger partial charge in [0.1, 0.15) is 0 Å². The molecule has 0 saturated carbocycles. The van der Waals surface area contributed by atoms with Gasteiger partial charge in [-0.15, -0.1) is 0 Å². The van der Waals surface area contributed by atoms with Crippen molar-refractivity contribution in [1.82, 2.24) is 4.90 Å². The molecular weight excluding hydrogens is 214 g/mol. The van der Waals surface area contributed by atoms with Gasteiger partial charge in [-0.25, -0.2) is 13.6 Å². The third-order valence-corrected chi connectivity index (χ3v) is 2.71. The maximum atomic E-state index is 11.1. The van der Waals surface area contributed by atoms with E-state index in [0.717, 1.165) is 5.56 Å². The van der Waals surface area contributed by atoms with Crippen molar-refractivity contribution in [1.29, 1.82) is 0 Å². The van der Waals surface area contributed by atoms with E-state index in [0.29, 0.717) is 12.2 Å². The first-order valence-electron chi connectivity index (χ1n) is 4.36. The van der Waals surface area contributed by atoms with Gasteiger partial charge >= 0.3 is 0 Å². The molecule has 0 atom stereocenters. The fourth-order valence-corrected chi connectivity index (χ4v) is 1.92. The third kappa shape index (κ3) is 3.50. The van der Waals surface area contributed by atoms with Gasteiger partial charge in [0, 0.05) is 12.2 Å². The zero-order valence-electron chi connectivity index (χ0n) is 8.77. The minimum absolute atomic E-state index is 0.0550. The largest absolute Gasteiger partial charge is 0.399 e. The van der Waals surface area contributed by atoms with E-state index in [1.54, 1.807) is 6.07 Å². The number of anilines is 1. The molecule has 1 aromatic rings. The molecule has 0 aliphatic carbocycles. The van der Waals surface area contributed by atoms with Crippen LogP contribution in [0, 0.1) is 0 Å². The lowest BCUT2D eigenvalue weighted by Crippen LogP contribution is -2.15. The van der Waals surface area contributed by atoms with Crippen LogP contribution < -0.4 is 10.9 Å². The van der Waals surface area contributed by atoms with Crippen molar-refractivity contribution in [3.05, 3.63) is 23.8 Å². The van der Waals surface area contributed by atoms with Gasteiger partial charge in [-0.3, -0.25) is 0 Å². The van der Waals surface area contributed by atoms with Crippen LogP contribution in [0.25, 0.3) is 0 Å². The highest BCUT2D eigenvalue weighted by atomic mass is 32.2. The van der Waals surface area contributed by atoms with Crippen LogP contribution in [-0.2, 0) is 16.6 Å². The highest BCUT2D eigenvalue weighted by Gasteiger charge is 2.10. The van der Waals surface area contributed by atoms with Crippen molar-refractivity contribution < 1.29 is 8.42 Å². The molecule has 0 heterocycles. The minimum Gasteiger partial charge on any atom is -0.399 e. The maximum absolute atomic E-state index is 11.1. The average molecular weight is 229 g/mol. The lowest BCUT2D eigenvalue weighted by molar-refractivity contribution is 0.402. The number of sulfonamides is 1. The van der Waals surface area contributed by atoms with Gasteiger partial charge < -0.3 is 10.6 Å². The molecule has 5 nitrogen and oxygen atoms in total. The highest BCUT2D eigenvalue weighted by Crippen LogP contribution is 2.16. The summed E-state index contributed by atoms with van der Waals surface area (Å²) >= 11 is 0. The van der Waals surface area contributed by atoms with Crippen molar-refractivity contribution in [2.24, 2.45) is 5.14 Å². The van der Waals surface area contributed by atoms with Crippen LogP contribution in [0.3, 0.4) is 0 Å². The summed E-state index contributed by atoms with van der Waals surface area (Å²) in [6.45, 7) is 0.619. The summed E-state index contributed by atoms with van der Waals surface area (Å²) in [5, 5.41) is 5.03. The summed E-state index contributed by atoms with van der Waals surface area (Å²) in [4.78, 5) is 1.97. The van der Waals surface area contributed by atoms with E-state index in [4.69, 9.17) is 10.9 Å². The molecule has 1 aromatic carbocycles. The fraction of sp³-hybridized carbons (Fsp3) is 0.333. The van der Waals surface area contributed by atoms with E-state index in [-0.39, 0.29) is 4.90 Å². The Kier molecular flexibility index (Phi) is 3.33. The lowest BCUT2D eigenvalue weighted by atomic mass is 10.2. The first kappa shape index (κ1) is 12.0. The molecule has 15 heavy (non-hydrogen) atoms. The Hall–Kier alpha value is -1.11. The Morgan fingerprint density at radius 2 is 1.87 bits per heavy atom. The molecule has 1 rings (SSSR count). The zero-order chi connectivity index (χ0) is 11.6. The number of nitrogens with two attached hydrogens (primary N) is 2. The van der Waals surface area contributed by atoms with Gasteiger partial charge in [-0.05, 0) is 37.9 Å². The first-order chi connectivity index (χ1) is 6.79. The van der Waals surface area contributed by atoms with Crippen molar-refractivity contribution in [2.45, 2.75) is 11.4 Å². The van der Waals surface area contributed by atoms with Gasteiger partial charge in [-0.2, -0.15) is 0 Å². The normalized spacial score (nSPS) is 12.0. The number of hydrogen-bond donors (Lipinski definition) is 2. The number of rotatable bonds is 3. The monoisotopic (exact) mass is 229 g/mol. The Morgan fingerprint density at radius 1 is 1.27 bits per heavy atom. The number of hydrogen-bond acceptors (Lipinski definition) is 4. The van der Waals surface area contributed by atoms with Crippen LogP contribution in [0.15, 0.2) is 23.1 Å². The fourth-order valence-electron chi connectivity index (χ4n) is 1.31. The highest BCUT2D eigenvalue weighted by molar-refractivity contribution is 7.89. The van der Waals surface area contributed by atoms with Crippen LogP contribution in [0.4, 0.5) is 5.69 Å². The van der Waals surface area contributed by atoms with Crippen LogP contribution in [0.2, 0.25) is 0 Å². The van der Waals surface area contributed by atoms with Crippen LogP contribution in [0.1, 0.15) is 5.56 Å². The molecule has 0 amide bonds. The second kappa shape index (κ2) is 4.18. The topological polar surface area (TPSA) is 89.4 Å². The lowest BCUT2D eigenvalue weighted by Gasteiger charge is -2.11. The SMILES string of the molecule is CN(C)Cc1cc(N)cc(S(N)(=O)=O)c1. The quantitative estimate of drug-likeness (QED) is 0.713. The third-order valence-electron chi connectivity index (χ3n) is 1.82. The second-order valence-electron chi connectivity index (χ2n) is 3.69. The Morgan fingerprint density at radius 3 is 2.33 bits per heavy atom. The molecule has 84 valence electrons. The Balaban J connectivity index is 3.17. The number of primary sulfonamides is 1. The number of nitrogen functional groups attached to an aromatic ring is 1. The smallest absolute Gasteiger partial charge is 0.238 e. The predicted molar refractivity (Wildman–Crippen MR) is 59.6 cm³/mol. The van der Waals surface area contributed by atoms with Gasteiger partial charge in [-0.1, -0.05) is 0 Å². The van der Waals surface area contributed by atoms with E-state index >= 15 is 0 Å². The molecule has 0 aliphatic heterocycles.